The number of esters is 3. The van der Waals surface area contributed by atoms with Crippen LogP contribution in [0.25, 0.3) is 0 Å². The van der Waals surface area contributed by atoms with Crippen molar-refractivity contribution < 1.29 is 91.2 Å². The number of carbonyl (C=O) groups excluding carboxylic acids is 7. The summed E-state index contributed by atoms with van der Waals surface area (Å²) in [5.41, 5.74) is 1.84. The molecule has 3 aliphatic rings. The molecule has 494 valence electrons. The van der Waals surface area contributed by atoms with Gasteiger partial charge in [0.05, 0.1) is 53.5 Å². The molecule has 0 aromatic heterocycles. The minimum absolute atomic E-state index is 0.0154. The zero-order chi connectivity index (χ0) is 66.7. The Bertz CT molecular complexity index is 2870. The number of likely N-dealkylation sites (tertiary alicyclic amines) is 1. The van der Waals surface area contributed by atoms with E-state index in [1.807, 2.05) is 0 Å². The van der Waals surface area contributed by atoms with Gasteiger partial charge < -0.3 is 58.7 Å². The molecular weight excluding hydrogens is 1190 g/mol. The number of benzene rings is 1. The van der Waals surface area contributed by atoms with Crippen LogP contribution in [0.1, 0.15) is 160 Å². The van der Waals surface area contributed by atoms with Crippen LogP contribution >= 0.6 is 16.9 Å². The molecule has 1 amide bonds. The number of aromatic hydroxyl groups is 1. The lowest BCUT2D eigenvalue weighted by atomic mass is 9.78. The normalized spacial score (nSPS) is 20.6. The molecule has 0 bridgehead atoms. The number of aliphatic hydroxyl groups excluding tert-OH is 2. The Morgan fingerprint density at radius 1 is 0.831 bits per heavy atom. The Labute approximate surface area is 526 Å². The number of hydrogen-bond acceptors (Lipinski definition) is 22. The van der Waals surface area contributed by atoms with Gasteiger partial charge in [-0.3, -0.25) is 47.8 Å². The molecule has 0 unspecified atom stereocenters. The number of hydrogen-bond donors (Lipinski definition) is 4. The SMILES string of the molecule is CCC(=O)OCOC(=O)NCC(=O)OCCN(CCCCC(P=O)P=O)CC(=O)O[C@H]([C@@H](C)[C@@H](O)[C@@H](C)[C@H](O)[C@H](C)[C@H](/C=C/O[C@@]1(C)Oc2c(C)c(O)c3c(c2C1=O)C(=NC1(C)CCN(CC(C)C)CC1)C(C)=C(C)C3=O)OC)[C@@H](C)/C=C/C=C(/C)C(C)=O. The van der Waals surface area contributed by atoms with Gasteiger partial charge in [0.1, 0.15) is 36.2 Å². The molecule has 25 heteroatoms. The van der Waals surface area contributed by atoms with Gasteiger partial charge in [-0.05, 0) is 96.9 Å². The zero-order valence-corrected chi connectivity index (χ0v) is 56.2. The van der Waals surface area contributed by atoms with E-state index in [1.54, 1.807) is 85.4 Å². The van der Waals surface area contributed by atoms with E-state index in [2.05, 4.69) is 35.7 Å². The molecule has 9 atom stereocenters. The minimum Gasteiger partial charge on any atom is -0.507 e. The van der Waals surface area contributed by atoms with Crippen molar-refractivity contribution >= 4 is 64.0 Å². The molecule has 0 spiro atoms. The van der Waals surface area contributed by atoms with Crippen LogP contribution < -0.4 is 10.1 Å². The van der Waals surface area contributed by atoms with Crippen molar-refractivity contribution in [1.29, 1.82) is 0 Å². The summed E-state index contributed by atoms with van der Waals surface area (Å²) in [6.07, 6.45) is 5.06. The maximum absolute atomic E-state index is 14.8. The average molecular weight is 1290 g/mol. The molecule has 89 heavy (non-hydrogen) atoms. The van der Waals surface area contributed by atoms with Gasteiger partial charge >= 0.3 is 29.8 Å². The third kappa shape index (κ3) is 20.7. The van der Waals surface area contributed by atoms with Gasteiger partial charge in [-0.1, -0.05) is 73.1 Å². The number of aliphatic imine (C=N–C) groups is 1. The lowest BCUT2D eigenvalue weighted by molar-refractivity contribution is -0.160. The van der Waals surface area contributed by atoms with E-state index in [1.165, 1.54) is 33.3 Å². The summed E-state index contributed by atoms with van der Waals surface area (Å²) in [6, 6.07) is 0. The van der Waals surface area contributed by atoms with Crippen LogP contribution in [0.3, 0.4) is 0 Å². The monoisotopic (exact) mass is 1280 g/mol. The molecule has 4 rings (SSSR count). The summed E-state index contributed by atoms with van der Waals surface area (Å²) in [7, 11) is 0.866. The van der Waals surface area contributed by atoms with Crippen LogP contribution in [0.2, 0.25) is 0 Å². The van der Waals surface area contributed by atoms with Crippen LogP contribution in [0.15, 0.2) is 52.3 Å². The summed E-state index contributed by atoms with van der Waals surface area (Å²) in [4.78, 5) is 100. The highest BCUT2D eigenvalue weighted by atomic mass is 31.1. The first-order chi connectivity index (χ1) is 41.9. The molecule has 1 aliphatic carbocycles. The number of aliphatic hydroxyl groups is 2. The van der Waals surface area contributed by atoms with Crippen molar-refractivity contribution in [2.45, 2.75) is 177 Å². The summed E-state index contributed by atoms with van der Waals surface area (Å²) in [5.74, 6) is -8.10. The number of ketones is 3. The Hall–Kier alpha value is -6.06. The number of alkyl carbamates (subject to hydrolysis) is 1. The third-order valence-electron chi connectivity index (χ3n) is 16.9. The van der Waals surface area contributed by atoms with E-state index in [4.69, 9.17) is 33.4 Å². The highest BCUT2D eigenvalue weighted by Crippen LogP contribution is 2.49. The summed E-state index contributed by atoms with van der Waals surface area (Å²) >= 11 is 0. The van der Waals surface area contributed by atoms with Crippen molar-refractivity contribution in [3.8, 4) is 11.5 Å². The third-order valence-corrected chi connectivity index (χ3v) is 18.5. The number of unbranched alkanes of at least 4 members (excludes halogenated alkanes) is 1. The predicted molar refractivity (Wildman–Crippen MR) is 334 cm³/mol. The van der Waals surface area contributed by atoms with E-state index in [-0.39, 0.29) is 89.1 Å². The first-order valence-corrected chi connectivity index (χ1v) is 32.2. The highest BCUT2D eigenvalue weighted by Gasteiger charge is 2.52. The van der Waals surface area contributed by atoms with Crippen molar-refractivity contribution in [1.82, 2.24) is 15.1 Å². The van der Waals surface area contributed by atoms with E-state index in [0.29, 0.717) is 47.6 Å². The standard InChI is InChI=1S/C64H94N4O19P2/c1-16-47(70)83-35-84-62(78)65-32-48(71)82-31-29-67(26-18-17-22-50(88-79)89-80)34-49(72)86-59(38(5)21-19-20-37(4)45(12)69)43(10)56(74)42(9)55(73)41(8)46(81-15)23-30-85-64(14)61(77)53-51-52(58(76)44(11)60(53)87-64)57(75)40(7)39(6)54(51)66-63(13)24-27-68(28-25-63)33-36(2)3/h19-21,23,30,36,38,41-43,46,50,55-56,59,73-74,76H,16-18,22,24-29,31-35H2,1-15H3,(H,65,78)/b21-19+,30-23+,37-20-,66-54?/t38-,41+,42-,43-,46-,55+,56-,59-,64-/m0/s1. The highest BCUT2D eigenvalue weighted by molar-refractivity contribution is 7.44. The van der Waals surface area contributed by atoms with E-state index in [9.17, 15) is 58.0 Å². The molecule has 0 radical (unpaired) electrons. The lowest BCUT2D eigenvalue weighted by Crippen LogP contribution is -2.46. The van der Waals surface area contributed by atoms with Crippen LogP contribution in [0.5, 0.6) is 11.5 Å². The number of nitrogens with zero attached hydrogens (tertiary/aromatic N) is 3. The van der Waals surface area contributed by atoms with E-state index >= 15 is 0 Å². The van der Waals surface area contributed by atoms with Gasteiger partial charge in [-0.2, -0.15) is 0 Å². The molecular formula is C64H94N4O19P2. The van der Waals surface area contributed by atoms with Gasteiger partial charge in [-0.15, -0.1) is 0 Å². The maximum Gasteiger partial charge on any atom is 0.410 e. The summed E-state index contributed by atoms with van der Waals surface area (Å²) < 4.78 is 62.1. The number of piperidine rings is 1. The number of carbonyl (C=O) groups is 7. The fourth-order valence-corrected chi connectivity index (χ4v) is 11.7. The van der Waals surface area contributed by atoms with Crippen molar-refractivity contribution in [2.24, 2.45) is 34.6 Å². The van der Waals surface area contributed by atoms with Crippen molar-refractivity contribution in [3.63, 3.8) is 0 Å². The van der Waals surface area contributed by atoms with Crippen LogP contribution in [-0.4, -0.2) is 180 Å². The molecule has 1 fully saturated rings. The fourth-order valence-electron chi connectivity index (χ4n) is 10.9. The molecule has 1 aromatic carbocycles. The Morgan fingerprint density at radius 2 is 1.48 bits per heavy atom. The first-order valence-electron chi connectivity index (χ1n) is 30.5. The largest absolute Gasteiger partial charge is 0.507 e. The number of allylic oxidation sites excluding steroid dienone is 5. The summed E-state index contributed by atoms with van der Waals surface area (Å²) in [5, 5.41) is 37.4. The molecule has 1 saturated heterocycles. The number of phenolic OH excluding ortho intramolecular Hbond substituents is 1. The second-order valence-electron chi connectivity index (χ2n) is 24.3. The van der Waals surface area contributed by atoms with Crippen molar-refractivity contribution in [3.05, 3.63) is 69.5 Å². The molecule has 2 aliphatic heterocycles. The predicted octanol–water partition coefficient (Wildman–Crippen LogP) is 9.20. The van der Waals surface area contributed by atoms with Crippen LogP contribution in [0.4, 0.5) is 4.79 Å². The number of phenols is 1. The maximum atomic E-state index is 14.8. The number of rotatable bonds is 35. The van der Waals surface area contributed by atoms with Gasteiger partial charge in [0.25, 0.3) is 5.78 Å². The second kappa shape index (κ2) is 34.9. The number of fused-ring (bicyclic) bond motifs is 3. The van der Waals surface area contributed by atoms with Gasteiger partial charge in [-0.25, -0.2) is 4.79 Å². The number of methoxy groups -OCH3 is 1. The Morgan fingerprint density at radius 3 is 2.09 bits per heavy atom. The number of nitrogens with one attached hydrogen (secondary N) is 1. The Kier molecular flexibility index (Phi) is 29.6. The van der Waals surface area contributed by atoms with Crippen LogP contribution in [-0.2, 0) is 56.7 Å². The average Bonchev–Trinajstić information content (AvgIpc) is 1.69. The molecule has 1 aromatic rings. The van der Waals surface area contributed by atoms with E-state index < -0.39 is 114 Å². The number of amides is 1. The Balaban J connectivity index is 1.54. The van der Waals surface area contributed by atoms with E-state index in [0.717, 1.165) is 32.5 Å². The van der Waals surface area contributed by atoms with Gasteiger partial charge in [0.15, 0.2) is 28.5 Å². The van der Waals surface area contributed by atoms with Crippen LogP contribution in [0, 0.1) is 36.5 Å². The zero-order valence-electron chi connectivity index (χ0n) is 54.4. The molecule has 0 saturated carbocycles. The molecule has 2 heterocycles. The first kappa shape index (κ1) is 75.4. The lowest BCUT2D eigenvalue weighted by Gasteiger charge is -2.38. The van der Waals surface area contributed by atoms with Gasteiger partial charge in [0.2, 0.25) is 6.79 Å². The topological polar surface area (TPSA) is 310 Å². The number of ether oxygens (including phenoxy) is 7. The second-order valence-corrected chi connectivity index (χ2v) is 26.4. The smallest absolute Gasteiger partial charge is 0.410 e. The van der Waals surface area contributed by atoms with Crippen molar-refractivity contribution in [2.75, 3.05) is 66.3 Å². The number of Topliss-reactive ketones (excluding diaryl/α,β-unsaturated/α-hetero) is 3. The summed E-state index contributed by atoms with van der Waals surface area (Å²) in [6.45, 7) is 25.5. The minimum atomic E-state index is -1.98. The van der Waals surface area contributed by atoms with Gasteiger partial charge in [0, 0.05) is 87.0 Å². The fraction of sp³-hybridized carbons (Fsp3) is 0.656. The quantitative estimate of drug-likeness (QED) is 0.00719. The molecule has 23 nitrogen and oxygen atoms in total. The molecule has 4 N–H and O–H groups in total.